The van der Waals surface area contributed by atoms with Crippen LogP contribution in [0.25, 0.3) is 0 Å². The van der Waals surface area contributed by atoms with Gasteiger partial charge in [0.15, 0.2) is 6.61 Å². The third kappa shape index (κ3) is 6.45. The fourth-order valence-corrected chi connectivity index (χ4v) is 1.89. The summed E-state index contributed by atoms with van der Waals surface area (Å²) in [5.74, 6) is 0.156. The molecule has 0 radical (unpaired) electrons. The summed E-state index contributed by atoms with van der Waals surface area (Å²) in [6, 6.07) is 5.33. The summed E-state index contributed by atoms with van der Waals surface area (Å²) in [7, 11) is 0. The number of ether oxygens (including phenoxy) is 1. The van der Waals surface area contributed by atoms with Crippen LogP contribution in [0.4, 0.5) is 0 Å². The molecule has 4 nitrogen and oxygen atoms in total. The Hall–Kier alpha value is -1.26. The van der Waals surface area contributed by atoms with Gasteiger partial charge in [-0.1, -0.05) is 31.4 Å². The third-order valence-electron chi connectivity index (χ3n) is 2.67. The van der Waals surface area contributed by atoms with Gasteiger partial charge in [-0.3, -0.25) is 4.79 Å². The van der Waals surface area contributed by atoms with E-state index in [4.69, 9.17) is 22.1 Å². The first-order chi connectivity index (χ1) is 9.13. The van der Waals surface area contributed by atoms with Crippen molar-refractivity contribution in [1.82, 2.24) is 5.32 Å². The van der Waals surface area contributed by atoms with Gasteiger partial charge in [0, 0.05) is 17.1 Å². The lowest BCUT2D eigenvalue weighted by molar-refractivity contribution is -0.119. The predicted molar refractivity (Wildman–Crippen MR) is 77.4 cm³/mol. The highest BCUT2D eigenvalue weighted by molar-refractivity contribution is 6.30. The lowest BCUT2D eigenvalue weighted by Crippen LogP contribution is -2.21. The number of carbonyl (C=O) groups excluding carboxylic acids is 1. The number of nitrogens with one attached hydrogen (secondary N) is 1. The third-order valence-corrected chi connectivity index (χ3v) is 2.90. The van der Waals surface area contributed by atoms with E-state index in [9.17, 15) is 4.79 Å². The van der Waals surface area contributed by atoms with Crippen LogP contribution in [-0.2, 0) is 11.3 Å². The van der Waals surface area contributed by atoms with Gasteiger partial charge in [0.25, 0.3) is 5.91 Å². The molecule has 0 atom stereocenters. The predicted octanol–water partition coefficient (Wildman–Crippen LogP) is 2.48. The van der Waals surface area contributed by atoms with Crippen molar-refractivity contribution < 1.29 is 9.53 Å². The number of rotatable bonds is 9. The standard InChI is InChI=1S/C14H21ClN2O2/c1-2-3-4-7-17-9-11-8-12(15)5-6-13(11)19-10-14(16)18/h5-6,8,17H,2-4,7,9-10H2,1H3,(H2,16,18). The van der Waals surface area contributed by atoms with Crippen LogP contribution in [-0.4, -0.2) is 19.1 Å². The highest BCUT2D eigenvalue weighted by Crippen LogP contribution is 2.22. The van der Waals surface area contributed by atoms with Crippen molar-refractivity contribution in [2.75, 3.05) is 13.2 Å². The van der Waals surface area contributed by atoms with E-state index in [1.54, 1.807) is 12.1 Å². The van der Waals surface area contributed by atoms with Crippen LogP contribution >= 0.6 is 11.6 Å². The summed E-state index contributed by atoms with van der Waals surface area (Å²) in [5.41, 5.74) is 6.01. The van der Waals surface area contributed by atoms with Gasteiger partial charge in [-0.05, 0) is 31.2 Å². The zero-order valence-corrected chi connectivity index (χ0v) is 12.0. The molecule has 0 aromatic heterocycles. The van der Waals surface area contributed by atoms with E-state index in [1.807, 2.05) is 6.07 Å². The molecule has 0 spiro atoms. The van der Waals surface area contributed by atoms with E-state index in [1.165, 1.54) is 12.8 Å². The molecule has 0 aliphatic heterocycles. The minimum absolute atomic E-state index is 0.121. The van der Waals surface area contributed by atoms with Crippen LogP contribution in [0.5, 0.6) is 5.75 Å². The maximum absolute atomic E-state index is 10.7. The monoisotopic (exact) mass is 284 g/mol. The van der Waals surface area contributed by atoms with E-state index < -0.39 is 5.91 Å². The lowest BCUT2D eigenvalue weighted by atomic mass is 10.2. The Morgan fingerprint density at radius 1 is 1.42 bits per heavy atom. The molecule has 0 bridgehead atoms. The number of benzene rings is 1. The summed E-state index contributed by atoms with van der Waals surface area (Å²) < 4.78 is 5.36. The molecule has 0 unspecified atom stereocenters. The van der Waals surface area contributed by atoms with Gasteiger partial charge < -0.3 is 15.8 Å². The summed E-state index contributed by atoms with van der Waals surface area (Å²) >= 11 is 5.97. The average Bonchev–Trinajstić information content (AvgIpc) is 2.37. The molecule has 19 heavy (non-hydrogen) atoms. The van der Waals surface area contributed by atoms with E-state index in [0.29, 0.717) is 17.3 Å². The van der Waals surface area contributed by atoms with Crippen LogP contribution in [0.2, 0.25) is 5.02 Å². The Morgan fingerprint density at radius 3 is 2.89 bits per heavy atom. The second-order valence-electron chi connectivity index (χ2n) is 4.39. The molecular weight excluding hydrogens is 264 g/mol. The zero-order valence-electron chi connectivity index (χ0n) is 11.2. The molecule has 0 aliphatic carbocycles. The molecule has 0 saturated heterocycles. The minimum Gasteiger partial charge on any atom is -0.483 e. The Kier molecular flexibility index (Phi) is 7.30. The molecule has 1 aromatic rings. The molecule has 1 amide bonds. The van der Waals surface area contributed by atoms with E-state index in [-0.39, 0.29) is 6.61 Å². The molecule has 0 aliphatic rings. The summed E-state index contributed by atoms with van der Waals surface area (Å²) in [4.78, 5) is 10.7. The van der Waals surface area contributed by atoms with Crippen molar-refractivity contribution in [2.24, 2.45) is 5.73 Å². The first-order valence-corrected chi connectivity index (χ1v) is 6.91. The Bertz CT molecular complexity index is 410. The summed E-state index contributed by atoms with van der Waals surface area (Å²) in [6.45, 7) is 3.67. The van der Waals surface area contributed by atoms with Crippen molar-refractivity contribution in [1.29, 1.82) is 0 Å². The first-order valence-electron chi connectivity index (χ1n) is 6.53. The van der Waals surface area contributed by atoms with Gasteiger partial charge >= 0.3 is 0 Å². The number of hydrogen-bond acceptors (Lipinski definition) is 3. The SMILES string of the molecule is CCCCCNCc1cc(Cl)ccc1OCC(N)=O. The topological polar surface area (TPSA) is 64.3 Å². The lowest BCUT2D eigenvalue weighted by Gasteiger charge is -2.11. The highest BCUT2D eigenvalue weighted by atomic mass is 35.5. The van der Waals surface area contributed by atoms with E-state index in [2.05, 4.69) is 12.2 Å². The quantitative estimate of drug-likeness (QED) is 0.685. The number of hydrogen-bond donors (Lipinski definition) is 2. The maximum Gasteiger partial charge on any atom is 0.255 e. The normalized spacial score (nSPS) is 10.4. The van der Waals surface area contributed by atoms with Crippen molar-refractivity contribution in [3.63, 3.8) is 0 Å². The number of unbranched alkanes of at least 4 members (excludes halogenated alkanes) is 2. The second-order valence-corrected chi connectivity index (χ2v) is 4.83. The molecule has 1 rings (SSSR count). The van der Waals surface area contributed by atoms with Gasteiger partial charge in [-0.25, -0.2) is 0 Å². The molecular formula is C14H21ClN2O2. The number of amides is 1. The van der Waals surface area contributed by atoms with Crippen LogP contribution in [0.3, 0.4) is 0 Å². The minimum atomic E-state index is -0.489. The van der Waals surface area contributed by atoms with Crippen LogP contribution < -0.4 is 15.8 Å². The molecule has 0 saturated carbocycles. The van der Waals surface area contributed by atoms with Gasteiger partial charge in [0.1, 0.15) is 5.75 Å². The van der Waals surface area contributed by atoms with Gasteiger partial charge in [0.05, 0.1) is 0 Å². The van der Waals surface area contributed by atoms with Crippen LogP contribution in [0.1, 0.15) is 31.7 Å². The fourth-order valence-electron chi connectivity index (χ4n) is 1.70. The molecule has 0 fully saturated rings. The number of primary amides is 1. The molecule has 0 heterocycles. The Morgan fingerprint density at radius 2 is 2.21 bits per heavy atom. The van der Waals surface area contributed by atoms with Crippen molar-refractivity contribution in [3.8, 4) is 5.75 Å². The first kappa shape index (κ1) is 15.8. The van der Waals surface area contributed by atoms with Gasteiger partial charge in [-0.2, -0.15) is 0 Å². The Balaban J connectivity index is 2.53. The summed E-state index contributed by atoms with van der Waals surface area (Å²) in [5, 5.41) is 3.99. The number of carbonyl (C=O) groups is 1. The molecule has 3 N–H and O–H groups in total. The number of halogens is 1. The van der Waals surface area contributed by atoms with Crippen molar-refractivity contribution in [3.05, 3.63) is 28.8 Å². The van der Waals surface area contributed by atoms with Crippen molar-refractivity contribution in [2.45, 2.75) is 32.7 Å². The van der Waals surface area contributed by atoms with Crippen molar-refractivity contribution >= 4 is 17.5 Å². The van der Waals surface area contributed by atoms with E-state index >= 15 is 0 Å². The number of nitrogens with two attached hydrogens (primary N) is 1. The zero-order chi connectivity index (χ0) is 14.1. The van der Waals surface area contributed by atoms with Crippen LogP contribution in [0, 0.1) is 0 Å². The van der Waals surface area contributed by atoms with Gasteiger partial charge in [-0.15, -0.1) is 0 Å². The fraction of sp³-hybridized carbons (Fsp3) is 0.500. The largest absolute Gasteiger partial charge is 0.483 e. The Labute approximate surface area is 119 Å². The van der Waals surface area contributed by atoms with Gasteiger partial charge in [0.2, 0.25) is 0 Å². The highest BCUT2D eigenvalue weighted by Gasteiger charge is 2.06. The smallest absolute Gasteiger partial charge is 0.255 e. The van der Waals surface area contributed by atoms with Crippen LogP contribution in [0.15, 0.2) is 18.2 Å². The maximum atomic E-state index is 10.7. The summed E-state index contributed by atoms with van der Waals surface area (Å²) in [6.07, 6.45) is 3.56. The molecule has 5 heteroatoms. The molecule has 1 aromatic carbocycles. The van der Waals surface area contributed by atoms with E-state index in [0.717, 1.165) is 18.5 Å². The second kappa shape index (κ2) is 8.77. The average molecular weight is 285 g/mol. The molecule has 106 valence electrons.